The van der Waals surface area contributed by atoms with Crippen LogP contribution in [0.3, 0.4) is 0 Å². The predicted molar refractivity (Wildman–Crippen MR) is 237 cm³/mol. The van der Waals surface area contributed by atoms with Gasteiger partial charge >= 0.3 is 11.9 Å². The van der Waals surface area contributed by atoms with E-state index in [0.29, 0.717) is 0 Å². The third kappa shape index (κ3) is 18.8. The maximum atomic E-state index is 12.6. The minimum absolute atomic E-state index is 0.103. The molecule has 3 aliphatic rings. The average Bonchev–Trinajstić information content (AvgIpc) is 3.21. The average molecular weight is 926 g/mol. The van der Waals surface area contributed by atoms with Gasteiger partial charge in [-0.3, -0.25) is 9.59 Å². The molecule has 0 unspecified atom stereocenters. The summed E-state index contributed by atoms with van der Waals surface area (Å²) < 4.78 is 23.2. The highest BCUT2D eigenvalue weighted by molar-refractivity contribution is 5.71. The van der Waals surface area contributed by atoms with Crippen LogP contribution in [0, 0.1) is 17.8 Å². The first-order valence-corrected chi connectivity index (χ1v) is 22.6. The van der Waals surface area contributed by atoms with Gasteiger partial charge in [-0.2, -0.15) is 0 Å². The number of carboxylic acid groups (broad SMARTS) is 1. The van der Waals surface area contributed by atoms with Gasteiger partial charge in [0.25, 0.3) is 0 Å². The maximum Gasteiger partial charge on any atom is 0.311 e. The zero-order chi connectivity index (χ0) is 48.4. The van der Waals surface area contributed by atoms with Crippen molar-refractivity contribution in [3.63, 3.8) is 0 Å². The highest BCUT2D eigenvalue weighted by atomic mass is 16.7. The first-order chi connectivity index (χ1) is 30.6. The Hall–Kier alpha value is -3.18. The molecule has 0 aromatic rings. The fourth-order valence-electron chi connectivity index (χ4n) is 8.13. The largest absolute Gasteiger partial charge is 0.481 e. The number of rotatable bonds is 3. The number of aliphatic hydroxyl groups excluding tert-OH is 9. The predicted octanol–water partition coefficient (Wildman–Crippen LogP) is 0.936. The standard InChI is InChI=1S/C47H75NO17/c1-27-17-15-13-11-9-7-5-6-8-10-12-14-16-18-34(64-46-44(58)41(48)43(57)30(4)63-46)24-38-40(45(59)60)37(54)26-47(61,65-38)25-33(51)22-36(53)35(52)20-19-31(49)21-32(50)23-39(55)62-29(3)28(2)42(27)56/h5-6,8,10-18,27-38,40-44,46,49-54,56-58,61H,7,9,19-26,48H2,1-4H3,(H,59,60)/b6-5+,10-8+,13-11+,14-12+,17-15+,18-16+/t27-,28-,29-,30+,31-,32-,33-,34-,35+,36+,37-,38-,40+,41-,42+,43+,44-,46-,47-/m0/s1. The Bertz CT molecular complexity index is 1620. The van der Waals surface area contributed by atoms with E-state index in [9.17, 15) is 65.8 Å². The number of carbonyl (C=O) groups is 2. The van der Waals surface area contributed by atoms with Gasteiger partial charge in [0.1, 0.15) is 18.1 Å². The van der Waals surface area contributed by atoms with Gasteiger partial charge in [0.15, 0.2) is 12.1 Å². The molecule has 2 fully saturated rings. The van der Waals surface area contributed by atoms with Crippen LogP contribution in [0.25, 0.3) is 0 Å². The monoisotopic (exact) mass is 926 g/mol. The van der Waals surface area contributed by atoms with Gasteiger partial charge in [-0.15, -0.1) is 0 Å². The number of esters is 1. The van der Waals surface area contributed by atoms with Crippen LogP contribution in [-0.2, 0) is 28.5 Å². The molecule has 3 aliphatic heterocycles. The van der Waals surface area contributed by atoms with Gasteiger partial charge < -0.3 is 80.9 Å². The lowest BCUT2D eigenvalue weighted by Gasteiger charge is -2.45. The second-order valence-electron chi connectivity index (χ2n) is 17.8. The lowest BCUT2D eigenvalue weighted by atomic mass is 9.82. The van der Waals surface area contributed by atoms with E-state index in [1.807, 2.05) is 49.5 Å². The molecule has 18 nitrogen and oxygen atoms in total. The van der Waals surface area contributed by atoms with Crippen molar-refractivity contribution < 1.29 is 84.7 Å². The van der Waals surface area contributed by atoms with E-state index in [-0.39, 0.29) is 31.6 Å². The summed E-state index contributed by atoms with van der Waals surface area (Å²) in [6.07, 6.45) is 2.26. The van der Waals surface area contributed by atoms with Crippen LogP contribution in [0.2, 0.25) is 0 Å². The number of carboxylic acids is 1. The minimum atomic E-state index is -2.32. The Kier molecular flexibility index (Phi) is 23.8. The molecule has 0 aromatic heterocycles. The third-order valence-corrected chi connectivity index (χ3v) is 12.2. The zero-order valence-electron chi connectivity index (χ0n) is 37.8. The fraction of sp³-hybridized carbons (Fsp3) is 0.702. The van der Waals surface area contributed by atoms with E-state index in [1.165, 1.54) is 13.0 Å². The molecule has 0 aromatic carbocycles. The van der Waals surface area contributed by atoms with Crippen molar-refractivity contribution in [1.82, 2.24) is 0 Å². The number of ether oxygens (including phenoxy) is 4. The van der Waals surface area contributed by atoms with Crippen LogP contribution >= 0.6 is 0 Å². The van der Waals surface area contributed by atoms with E-state index in [2.05, 4.69) is 0 Å². The van der Waals surface area contributed by atoms with Crippen molar-refractivity contribution in [2.75, 3.05) is 0 Å². The molecule has 2 bridgehead atoms. The minimum Gasteiger partial charge on any atom is -0.481 e. The Morgan fingerprint density at radius 3 is 1.97 bits per heavy atom. The van der Waals surface area contributed by atoms with Crippen LogP contribution in [0.15, 0.2) is 72.9 Å². The zero-order valence-corrected chi connectivity index (χ0v) is 37.8. The van der Waals surface area contributed by atoms with Crippen LogP contribution in [0.4, 0.5) is 0 Å². The van der Waals surface area contributed by atoms with E-state index in [1.54, 1.807) is 38.2 Å². The topological polar surface area (TPSA) is 320 Å². The summed E-state index contributed by atoms with van der Waals surface area (Å²) in [5.74, 6) is -6.77. The molecule has 370 valence electrons. The van der Waals surface area contributed by atoms with Crippen LogP contribution in [0.1, 0.15) is 91.9 Å². The summed E-state index contributed by atoms with van der Waals surface area (Å²) in [6.45, 7) is 6.78. The number of fused-ring (bicyclic) bond motifs is 2. The summed E-state index contributed by atoms with van der Waals surface area (Å²) in [6, 6.07) is -1.14. The van der Waals surface area contributed by atoms with Gasteiger partial charge in [-0.1, -0.05) is 86.8 Å². The third-order valence-electron chi connectivity index (χ3n) is 12.2. The second kappa shape index (κ2) is 27.6. The summed E-state index contributed by atoms with van der Waals surface area (Å²) in [5.41, 5.74) is 6.02. The Morgan fingerprint density at radius 1 is 0.692 bits per heavy atom. The number of aliphatic hydroxyl groups is 10. The molecule has 65 heavy (non-hydrogen) atoms. The normalized spacial score (nSPS) is 45.2. The smallest absolute Gasteiger partial charge is 0.311 e. The lowest BCUT2D eigenvalue weighted by Crippen LogP contribution is -2.61. The lowest BCUT2D eigenvalue weighted by molar-refractivity contribution is -0.308. The molecule has 2 saturated heterocycles. The summed E-state index contributed by atoms with van der Waals surface area (Å²) in [7, 11) is 0. The Morgan fingerprint density at radius 2 is 1.31 bits per heavy atom. The van der Waals surface area contributed by atoms with Gasteiger partial charge in [-0.25, -0.2) is 0 Å². The van der Waals surface area contributed by atoms with Gasteiger partial charge in [0, 0.05) is 37.5 Å². The van der Waals surface area contributed by atoms with E-state index in [4.69, 9.17) is 24.7 Å². The number of hydrogen-bond donors (Lipinski definition) is 12. The first-order valence-electron chi connectivity index (χ1n) is 22.6. The fourth-order valence-corrected chi connectivity index (χ4v) is 8.13. The van der Waals surface area contributed by atoms with E-state index in [0.717, 1.165) is 12.8 Å². The van der Waals surface area contributed by atoms with Crippen molar-refractivity contribution in [1.29, 1.82) is 0 Å². The van der Waals surface area contributed by atoms with Crippen molar-refractivity contribution in [2.24, 2.45) is 23.5 Å². The number of carbonyl (C=O) groups excluding carboxylic acids is 1. The van der Waals surface area contributed by atoms with E-state index < -0.39 is 147 Å². The summed E-state index contributed by atoms with van der Waals surface area (Å²) in [5, 5.41) is 118. The molecule has 13 N–H and O–H groups in total. The van der Waals surface area contributed by atoms with E-state index >= 15 is 0 Å². The molecule has 18 heteroatoms. The van der Waals surface area contributed by atoms with Crippen LogP contribution in [-0.4, -0.2) is 166 Å². The van der Waals surface area contributed by atoms with Crippen molar-refractivity contribution in [3.8, 4) is 0 Å². The molecule has 0 radical (unpaired) electrons. The van der Waals surface area contributed by atoms with Gasteiger partial charge in [0.2, 0.25) is 0 Å². The first kappa shape index (κ1) is 56.1. The summed E-state index contributed by atoms with van der Waals surface area (Å²) >= 11 is 0. The highest BCUT2D eigenvalue weighted by Gasteiger charge is 2.51. The maximum absolute atomic E-state index is 12.6. The number of cyclic esters (lactones) is 1. The van der Waals surface area contributed by atoms with Crippen molar-refractivity contribution >= 4 is 11.9 Å². The van der Waals surface area contributed by atoms with Crippen LogP contribution < -0.4 is 5.73 Å². The second-order valence-corrected chi connectivity index (χ2v) is 17.8. The molecule has 3 rings (SSSR count). The number of aliphatic carboxylic acids is 1. The summed E-state index contributed by atoms with van der Waals surface area (Å²) in [4.78, 5) is 25.1. The Balaban J connectivity index is 1.84. The molecule has 0 aliphatic carbocycles. The molecule has 19 atom stereocenters. The molecule has 0 amide bonds. The van der Waals surface area contributed by atoms with Crippen molar-refractivity contribution in [3.05, 3.63) is 72.9 Å². The van der Waals surface area contributed by atoms with Crippen molar-refractivity contribution in [2.45, 2.75) is 189 Å². The number of nitrogens with two attached hydrogens (primary N) is 1. The number of hydrogen-bond acceptors (Lipinski definition) is 17. The van der Waals surface area contributed by atoms with Gasteiger partial charge in [0.05, 0.1) is 79.6 Å². The van der Waals surface area contributed by atoms with Crippen LogP contribution in [0.5, 0.6) is 0 Å². The number of allylic oxidation sites excluding steroid dienone is 10. The Labute approximate surface area is 381 Å². The quantitative estimate of drug-likeness (QED) is 0.175. The molecular weight excluding hydrogens is 851 g/mol. The highest BCUT2D eigenvalue weighted by Crippen LogP contribution is 2.38. The van der Waals surface area contributed by atoms with Gasteiger partial charge in [-0.05, 0) is 46.0 Å². The molecule has 0 spiro atoms. The molecule has 0 saturated carbocycles. The molecule has 3 heterocycles. The molecular formula is C47H75NO17. The SMILES string of the molecule is C[C@@H]1[C@H](O)[C@@H](C)/C=C/C=C/CC/C=C/C=C/C=C/C=C/[C@H](O[C@@H]2O[C@H](C)[C@@H](O)[C@H](N)[C@@H]2O)C[C@@H]2O[C@@](O)(C[C@@H](O)C[C@@H](O)[C@H](O)CC[C@H](O)C[C@H](O)CC(=O)O[C@H]1C)C[C@H](O)[C@H]2C(=O)O.